The number of amides is 3. The molecule has 0 aliphatic heterocycles. The minimum Gasteiger partial charge on any atom is -0.480 e. The van der Waals surface area contributed by atoms with Gasteiger partial charge in [-0.2, -0.15) is 0 Å². The van der Waals surface area contributed by atoms with Crippen LogP contribution in [0.2, 0.25) is 0 Å². The van der Waals surface area contributed by atoms with Gasteiger partial charge < -0.3 is 26.8 Å². The summed E-state index contributed by atoms with van der Waals surface area (Å²) in [5.74, 6) is -1.86. The predicted molar refractivity (Wildman–Crippen MR) is 153 cm³/mol. The molecular weight excluding hydrogens is 496 g/mol. The third kappa shape index (κ3) is 11.4. The lowest BCUT2D eigenvalue weighted by Crippen LogP contribution is -2.57. The maximum absolute atomic E-state index is 12.6. The number of rotatable bonds is 18. The third-order valence-electron chi connectivity index (χ3n) is 6.70. The van der Waals surface area contributed by atoms with Crippen molar-refractivity contribution >= 4 is 34.5 Å². The van der Waals surface area contributed by atoms with Crippen LogP contribution in [0, 0.1) is 0 Å². The molecular formula is C30H44N4O5. The Bertz CT molecular complexity index is 1100. The first-order chi connectivity index (χ1) is 18.6. The van der Waals surface area contributed by atoms with Crippen molar-refractivity contribution in [1.82, 2.24) is 16.0 Å². The molecule has 2 aromatic carbocycles. The zero-order chi connectivity index (χ0) is 28.7. The molecule has 0 radical (unpaired) electrons. The van der Waals surface area contributed by atoms with Gasteiger partial charge in [0.1, 0.15) is 11.6 Å². The summed E-state index contributed by atoms with van der Waals surface area (Å²) in [7, 11) is 0. The van der Waals surface area contributed by atoms with E-state index in [0.717, 1.165) is 42.0 Å². The lowest BCUT2D eigenvalue weighted by atomic mass is 10.0. The number of carbonyl (C=O) groups excluding carboxylic acids is 3. The highest BCUT2D eigenvalue weighted by Crippen LogP contribution is 2.19. The van der Waals surface area contributed by atoms with Gasteiger partial charge in [0.25, 0.3) is 0 Å². The van der Waals surface area contributed by atoms with Crippen LogP contribution in [0.1, 0.15) is 77.2 Å². The molecule has 0 unspecified atom stereocenters. The van der Waals surface area contributed by atoms with Gasteiger partial charge in [-0.3, -0.25) is 14.4 Å². The van der Waals surface area contributed by atoms with Crippen LogP contribution in [0.4, 0.5) is 0 Å². The molecule has 6 N–H and O–H groups in total. The minimum atomic E-state index is -1.22. The highest BCUT2D eigenvalue weighted by atomic mass is 16.4. The molecule has 39 heavy (non-hydrogen) atoms. The first-order valence-corrected chi connectivity index (χ1v) is 13.9. The second kappa shape index (κ2) is 16.5. The number of aliphatic carboxylic acids is 1. The lowest BCUT2D eigenvalue weighted by Gasteiger charge is -2.27. The average Bonchev–Trinajstić information content (AvgIpc) is 2.89. The van der Waals surface area contributed by atoms with E-state index in [-0.39, 0.29) is 24.7 Å². The van der Waals surface area contributed by atoms with Gasteiger partial charge in [-0.1, -0.05) is 61.7 Å². The van der Waals surface area contributed by atoms with E-state index in [1.165, 1.54) is 0 Å². The topological polar surface area (TPSA) is 151 Å². The van der Waals surface area contributed by atoms with Crippen LogP contribution in [-0.2, 0) is 25.6 Å². The van der Waals surface area contributed by atoms with Gasteiger partial charge in [-0.15, -0.1) is 0 Å². The summed E-state index contributed by atoms with van der Waals surface area (Å²) in [5, 5.41) is 19.8. The van der Waals surface area contributed by atoms with Gasteiger partial charge in [0.05, 0.1) is 6.42 Å². The highest BCUT2D eigenvalue weighted by molar-refractivity contribution is 5.93. The first-order valence-electron chi connectivity index (χ1n) is 13.9. The van der Waals surface area contributed by atoms with Crippen molar-refractivity contribution in [3.05, 3.63) is 48.0 Å². The number of carboxylic acids is 1. The number of hydrogen-bond donors (Lipinski definition) is 5. The summed E-state index contributed by atoms with van der Waals surface area (Å²) < 4.78 is 0. The van der Waals surface area contributed by atoms with Crippen LogP contribution in [0.25, 0.3) is 10.8 Å². The fourth-order valence-electron chi connectivity index (χ4n) is 4.41. The molecule has 0 fully saturated rings. The van der Waals surface area contributed by atoms with E-state index in [2.05, 4.69) is 16.0 Å². The van der Waals surface area contributed by atoms with Crippen molar-refractivity contribution in [2.45, 2.75) is 89.6 Å². The molecule has 0 spiro atoms. The second-order valence-electron chi connectivity index (χ2n) is 10.5. The lowest BCUT2D eigenvalue weighted by molar-refractivity contribution is -0.143. The number of fused-ring (bicyclic) bond motifs is 1. The smallest absolute Gasteiger partial charge is 0.326 e. The van der Waals surface area contributed by atoms with E-state index in [1.807, 2.05) is 42.5 Å². The van der Waals surface area contributed by atoms with E-state index >= 15 is 0 Å². The van der Waals surface area contributed by atoms with E-state index < -0.39 is 23.5 Å². The zero-order valence-electron chi connectivity index (χ0n) is 23.3. The molecule has 0 heterocycles. The average molecular weight is 541 g/mol. The van der Waals surface area contributed by atoms with Crippen molar-refractivity contribution in [3.8, 4) is 0 Å². The van der Waals surface area contributed by atoms with E-state index in [9.17, 15) is 24.3 Å². The molecule has 9 nitrogen and oxygen atoms in total. The standard InChI is InChI=1S/C30H44N4O5/c1-30(2,29(39)33-25(28(37)38)17-9-10-19-31)34-26(35)18-6-4-3-5-11-20-32-27(36)21-23-15-12-14-22-13-7-8-16-24(22)23/h7-8,12-16,25H,3-6,9-11,17-21,31H2,1-2H3,(H,32,36)(H,33,39)(H,34,35)(H,37,38)/t25-/m0/s1. The van der Waals surface area contributed by atoms with Gasteiger partial charge >= 0.3 is 5.97 Å². The van der Waals surface area contributed by atoms with Crippen LogP contribution in [0.15, 0.2) is 42.5 Å². The highest BCUT2D eigenvalue weighted by Gasteiger charge is 2.32. The maximum Gasteiger partial charge on any atom is 0.326 e. The number of unbranched alkanes of at least 4 members (excludes halogenated alkanes) is 5. The molecule has 1 atom stereocenters. The fourth-order valence-corrected chi connectivity index (χ4v) is 4.41. The number of nitrogens with one attached hydrogen (secondary N) is 3. The fraction of sp³-hybridized carbons (Fsp3) is 0.533. The van der Waals surface area contributed by atoms with Gasteiger partial charge in [0, 0.05) is 13.0 Å². The van der Waals surface area contributed by atoms with E-state index in [4.69, 9.17) is 5.73 Å². The van der Waals surface area contributed by atoms with E-state index in [0.29, 0.717) is 38.8 Å². The second-order valence-corrected chi connectivity index (χ2v) is 10.5. The predicted octanol–water partition coefficient (Wildman–Crippen LogP) is 3.43. The number of benzene rings is 2. The Morgan fingerprint density at radius 3 is 2.31 bits per heavy atom. The summed E-state index contributed by atoms with van der Waals surface area (Å²) in [5.41, 5.74) is 5.25. The number of carboxylic acid groups (broad SMARTS) is 1. The quantitative estimate of drug-likeness (QED) is 0.183. The Balaban J connectivity index is 1.58. The molecule has 214 valence electrons. The largest absolute Gasteiger partial charge is 0.480 e. The van der Waals surface area contributed by atoms with Crippen LogP contribution >= 0.6 is 0 Å². The Morgan fingerprint density at radius 2 is 1.56 bits per heavy atom. The molecule has 2 aromatic rings. The Hall–Kier alpha value is -3.46. The SMILES string of the molecule is CC(C)(NC(=O)CCCCCCCNC(=O)Cc1cccc2ccccc12)C(=O)N[C@@H](CCCCN)C(=O)O. The summed E-state index contributed by atoms with van der Waals surface area (Å²) in [4.78, 5) is 48.8. The number of carbonyl (C=O) groups is 4. The summed E-state index contributed by atoms with van der Waals surface area (Å²) in [6.07, 6.45) is 6.53. The van der Waals surface area contributed by atoms with Crippen molar-refractivity contribution < 1.29 is 24.3 Å². The maximum atomic E-state index is 12.6. The Kier molecular flexibility index (Phi) is 13.4. The molecule has 0 bridgehead atoms. The summed E-state index contributed by atoms with van der Waals surface area (Å²) in [6, 6.07) is 13.0. The van der Waals surface area contributed by atoms with Gasteiger partial charge in [0.2, 0.25) is 17.7 Å². The zero-order valence-corrected chi connectivity index (χ0v) is 23.3. The summed E-state index contributed by atoms with van der Waals surface area (Å²) in [6.45, 7) is 4.21. The molecule has 2 rings (SSSR count). The molecule has 0 saturated carbocycles. The van der Waals surface area contributed by atoms with Gasteiger partial charge in [-0.25, -0.2) is 4.79 Å². The molecule has 0 aliphatic rings. The first kappa shape index (κ1) is 31.8. The minimum absolute atomic E-state index is 0.0138. The molecule has 0 saturated heterocycles. The Morgan fingerprint density at radius 1 is 0.872 bits per heavy atom. The van der Waals surface area contributed by atoms with Crippen LogP contribution in [0.3, 0.4) is 0 Å². The molecule has 9 heteroatoms. The monoisotopic (exact) mass is 540 g/mol. The number of hydrogen-bond acceptors (Lipinski definition) is 5. The van der Waals surface area contributed by atoms with Crippen molar-refractivity contribution in [2.24, 2.45) is 5.73 Å². The van der Waals surface area contributed by atoms with Crippen LogP contribution < -0.4 is 21.7 Å². The van der Waals surface area contributed by atoms with Crippen molar-refractivity contribution in [1.29, 1.82) is 0 Å². The van der Waals surface area contributed by atoms with Gasteiger partial charge in [0.15, 0.2) is 0 Å². The van der Waals surface area contributed by atoms with Crippen molar-refractivity contribution in [2.75, 3.05) is 13.1 Å². The molecule has 0 aliphatic carbocycles. The Labute approximate surface area is 231 Å². The third-order valence-corrected chi connectivity index (χ3v) is 6.70. The van der Waals surface area contributed by atoms with Crippen LogP contribution in [0.5, 0.6) is 0 Å². The van der Waals surface area contributed by atoms with E-state index in [1.54, 1.807) is 13.8 Å². The summed E-state index contributed by atoms with van der Waals surface area (Å²) >= 11 is 0. The van der Waals surface area contributed by atoms with Crippen molar-refractivity contribution in [3.63, 3.8) is 0 Å². The van der Waals surface area contributed by atoms with Gasteiger partial charge in [-0.05, 0) is 68.8 Å². The van der Waals surface area contributed by atoms with Crippen LogP contribution in [-0.4, -0.2) is 53.5 Å². The number of nitrogens with two attached hydrogens (primary N) is 1. The molecule has 0 aromatic heterocycles. The normalized spacial score (nSPS) is 12.1. The molecule has 3 amide bonds.